The van der Waals surface area contributed by atoms with Gasteiger partial charge < -0.3 is 20.1 Å². The Morgan fingerprint density at radius 2 is 1.76 bits per heavy atom. The Bertz CT molecular complexity index is 1390. The third-order valence-electron chi connectivity index (χ3n) is 5.38. The van der Waals surface area contributed by atoms with Crippen LogP contribution in [0.5, 0.6) is 11.5 Å². The SMILES string of the molecule is COc1cccc(-c2nnc(SCC(=O)NCc3cc(NC(C)=O)ccc3OC)n2-c2ccccc2)c1. The van der Waals surface area contributed by atoms with Gasteiger partial charge in [0.1, 0.15) is 11.5 Å². The smallest absolute Gasteiger partial charge is 0.230 e. The van der Waals surface area contributed by atoms with Crippen molar-refractivity contribution >= 4 is 29.3 Å². The maximum absolute atomic E-state index is 12.7. The molecule has 1 heterocycles. The molecule has 0 fully saturated rings. The Morgan fingerprint density at radius 3 is 2.49 bits per heavy atom. The lowest BCUT2D eigenvalue weighted by atomic mass is 10.1. The summed E-state index contributed by atoms with van der Waals surface area (Å²) in [6.07, 6.45) is 0. The summed E-state index contributed by atoms with van der Waals surface area (Å²) in [5, 5.41) is 15.0. The molecule has 1 aromatic heterocycles. The first-order chi connectivity index (χ1) is 18.0. The zero-order chi connectivity index (χ0) is 26.2. The third-order valence-corrected chi connectivity index (χ3v) is 6.31. The van der Waals surface area contributed by atoms with Crippen molar-refractivity contribution in [3.8, 4) is 28.6 Å². The Balaban J connectivity index is 1.50. The molecule has 4 rings (SSSR count). The number of benzene rings is 3. The van der Waals surface area contributed by atoms with Gasteiger partial charge in [-0.15, -0.1) is 10.2 Å². The molecule has 0 bridgehead atoms. The minimum absolute atomic E-state index is 0.136. The monoisotopic (exact) mass is 517 g/mol. The number of nitrogens with one attached hydrogen (secondary N) is 2. The number of carbonyl (C=O) groups excluding carboxylic acids is 2. The molecule has 4 aromatic rings. The van der Waals surface area contributed by atoms with E-state index in [2.05, 4.69) is 20.8 Å². The molecule has 0 unspecified atom stereocenters. The van der Waals surface area contributed by atoms with E-state index in [1.54, 1.807) is 32.4 Å². The van der Waals surface area contributed by atoms with Crippen molar-refractivity contribution in [3.05, 3.63) is 78.4 Å². The van der Waals surface area contributed by atoms with Crippen molar-refractivity contribution in [2.24, 2.45) is 0 Å². The van der Waals surface area contributed by atoms with Crippen LogP contribution in [0.3, 0.4) is 0 Å². The molecule has 0 aliphatic carbocycles. The largest absolute Gasteiger partial charge is 0.497 e. The van der Waals surface area contributed by atoms with Gasteiger partial charge in [0.05, 0.1) is 20.0 Å². The second kappa shape index (κ2) is 12.1. The fraction of sp³-hybridized carbons (Fsp3) is 0.185. The van der Waals surface area contributed by atoms with Gasteiger partial charge in [0.15, 0.2) is 11.0 Å². The van der Waals surface area contributed by atoms with Crippen LogP contribution in [0, 0.1) is 0 Å². The molecular weight excluding hydrogens is 490 g/mol. The summed E-state index contributed by atoms with van der Waals surface area (Å²) in [6.45, 7) is 1.69. The molecule has 2 amide bonds. The molecule has 190 valence electrons. The summed E-state index contributed by atoms with van der Waals surface area (Å²) < 4.78 is 12.7. The van der Waals surface area contributed by atoms with Gasteiger partial charge in [-0.1, -0.05) is 42.1 Å². The number of ether oxygens (including phenoxy) is 2. The Hall–Kier alpha value is -4.31. The van der Waals surface area contributed by atoms with Crippen LogP contribution >= 0.6 is 11.8 Å². The van der Waals surface area contributed by atoms with Crippen LogP contribution in [-0.4, -0.2) is 46.6 Å². The van der Waals surface area contributed by atoms with Crippen molar-refractivity contribution < 1.29 is 19.1 Å². The van der Waals surface area contributed by atoms with Crippen LogP contribution in [0.25, 0.3) is 17.1 Å². The Morgan fingerprint density at radius 1 is 0.946 bits per heavy atom. The van der Waals surface area contributed by atoms with Gasteiger partial charge in [0.25, 0.3) is 0 Å². The van der Waals surface area contributed by atoms with Gasteiger partial charge in [-0.25, -0.2) is 0 Å². The van der Waals surface area contributed by atoms with E-state index in [1.165, 1.54) is 18.7 Å². The number of rotatable bonds is 10. The highest BCUT2D eigenvalue weighted by atomic mass is 32.2. The van der Waals surface area contributed by atoms with E-state index in [1.807, 2.05) is 59.2 Å². The van der Waals surface area contributed by atoms with Crippen LogP contribution in [0.1, 0.15) is 12.5 Å². The number of carbonyl (C=O) groups is 2. The first-order valence-electron chi connectivity index (χ1n) is 11.5. The highest BCUT2D eigenvalue weighted by Gasteiger charge is 2.18. The lowest BCUT2D eigenvalue weighted by molar-refractivity contribution is -0.118. The zero-order valence-corrected chi connectivity index (χ0v) is 21.5. The molecule has 9 nitrogen and oxygen atoms in total. The number of anilines is 1. The average molecular weight is 518 g/mol. The molecule has 3 aromatic carbocycles. The van der Waals surface area contributed by atoms with Crippen molar-refractivity contribution in [1.29, 1.82) is 0 Å². The normalized spacial score (nSPS) is 10.6. The van der Waals surface area contributed by atoms with Crippen LogP contribution in [0.15, 0.2) is 78.0 Å². The molecule has 0 aliphatic rings. The highest BCUT2D eigenvalue weighted by molar-refractivity contribution is 7.99. The molecule has 0 saturated carbocycles. The second-order valence-electron chi connectivity index (χ2n) is 7.98. The maximum atomic E-state index is 12.7. The maximum Gasteiger partial charge on any atom is 0.230 e. The summed E-state index contributed by atoms with van der Waals surface area (Å²) >= 11 is 1.29. The summed E-state index contributed by atoms with van der Waals surface area (Å²) in [5.41, 5.74) is 3.11. The number of hydrogen-bond acceptors (Lipinski definition) is 7. The molecule has 10 heteroatoms. The zero-order valence-electron chi connectivity index (χ0n) is 20.7. The van der Waals surface area contributed by atoms with Crippen molar-refractivity contribution in [2.75, 3.05) is 25.3 Å². The molecule has 2 N–H and O–H groups in total. The lowest BCUT2D eigenvalue weighted by Gasteiger charge is -2.13. The fourth-order valence-corrected chi connectivity index (χ4v) is 4.48. The molecule has 37 heavy (non-hydrogen) atoms. The first kappa shape index (κ1) is 25.8. The van der Waals surface area contributed by atoms with Gasteiger partial charge in [0, 0.05) is 36.0 Å². The second-order valence-corrected chi connectivity index (χ2v) is 8.92. The predicted molar refractivity (Wildman–Crippen MR) is 143 cm³/mol. The summed E-state index contributed by atoms with van der Waals surface area (Å²) in [7, 11) is 3.18. The van der Waals surface area contributed by atoms with Crippen molar-refractivity contribution in [1.82, 2.24) is 20.1 Å². The molecule has 0 radical (unpaired) electrons. The van der Waals surface area contributed by atoms with Gasteiger partial charge in [0.2, 0.25) is 11.8 Å². The number of methoxy groups -OCH3 is 2. The molecule has 0 aliphatic heterocycles. The molecule has 0 atom stereocenters. The topological polar surface area (TPSA) is 107 Å². The molecular formula is C27H27N5O4S. The number of nitrogens with zero attached hydrogens (tertiary/aromatic N) is 3. The predicted octanol–water partition coefficient (Wildman–Crippen LogP) is 4.32. The van der Waals surface area contributed by atoms with Crippen LogP contribution in [0.4, 0.5) is 5.69 Å². The van der Waals surface area contributed by atoms with Crippen LogP contribution in [0.2, 0.25) is 0 Å². The van der Waals surface area contributed by atoms with E-state index in [4.69, 9.17) is 9.47 Å². The quantitative estimate of drug-likeness (QED) is 0.302. The van der Waals surface area contributed by atoms with Gasteiger partial charge in [-0.05, 0) is 42.5 Å². The van der Waals surface area contributed by atoms with E-state index in [9.17, 15) is 9.59 Å². The number of thioether (sulfide) groups is 1. The highest BCUT2D eigenvalue weighted by Crippen LogP contribution is 2.30. The van der Waals surface area contributed by atoms with Gasteiger partial charge in [-0.3, -0.25) is 14.2 Å². The summed E-state index contributed by atoms with van der Waals surface area (Å²) in [6, 6.07) is 22.6. The van der Waals surface area contributed by atoms with E-state index in [-0.39, 0.29) is 24.1 Å². The molecule has 0 saturated heterocycles. The van der Waals surface area contributed by atoms with Crippen molar-refractivity contribution in [3.63, 3.8) is 0 Å². The number of aromatic nitrogens is 3. The Labute approximate surface area is 219 Å². The Kier molecular flexibility index (Phi) is 8.42. The van der Waals surface area contributed by atoms with E-state index >= 15 is 0 Å². The van der Waals surface area contributed by atoms with Gasteiger partial charge >= 0.3 is 0 Å². The summed E-state index contributed by atoms with van der Waals surface area (Å²) in [4.78, 5) is 24.1. The average Bonchev–Trinajstić information content (AvgIpc) is 3.35. The van der Waals surface area contributed by atoms with Crippen LogP contribution in [-0.2, 0) is 16.1 Å². The third kappa shape index (κ3) is 6.47. The van der Waals surface area contributed by atoms with E-state index in [0.29, 0.717) is 28.2 Å². The van der Waals surface area contributed by atoms with Crippen molar-refractivity contribution in [2.45, 2.75) is 18.6 Å². The van der Waals surface area contributed by atoms with E-state index in [0.717, 1.165) is 16.8 Å². The lowest BCUT2D eigenvalue weighted by Crippen LogP contribution is -2.25. The standard InChI is InChI=1S/C27H27N5O4S/c1-18(33)29-21-12-13-24(36-3)20(14-21)16-28-25(34)17-37-27-31-30-26(19-8-7-11-23(15-19)35-2)32(27)22-9-5-4-6-10-22/h4-15H,16-17H2,1-3H3,(H,28,34)(H,29,33). The molecule has 0 spiro atoms. The first-order valence-corrected chi connectivity index (χ1v) is 12.5. The van der Waals surface area contributed by atoms with Gasteiger partial charge in [-0.2, -0.15) is 0 Å². The van der Waals surface area contributed by atoms with E-state index < -0.39 is 0 Å². The summed E-state index contributed by atoms with van der Waals surface area (Å²) in [5.74, 6) is 1.76. The number of hydrogen-bond donors (Lipinski definition) is 2. The minimum Gasteiger partial charge on any atom is -0.497 e. The number of amides is 2. The minimum atomic E-state index is -0.178. The fourth-order valence-electron chi connectivity index (χ4n) is 3.70. The van der Waals surface area contributed by atoms with Crippen LogP contribution < -0.4 is 20.1 Å². The number of para-hydroxylation sites is 1.